The summed E-state index contributed by atoms with van der Waals surface area (Å²) in [6, 6.07) is 10.4. The zero-order valence-electron chi connectivity index (χ0n) is 11.1. The van der Waals surface area contributed by atoms with Crippen molar-refractivity contribution in [3.05, 3.63) is 53.0 Å². The molecule has 0 saturated heterocycles. The summed E-state index contributed by atoms with van der Waals surface area (Å²) in [5.74, 6) is 7.63. The number of nitrogens with two attached hydrogens (primary N) is 1. The van der Waals surface area contributed by atoms with Gasteiger partial charge in [-0.15, -0.1) is 0 Å². The molecule has 98 valence electrons. The predicted octanol–water partition coefficient (Wildman–Crippen LogP) is 2.54. The van der Waals surface area contributed by atoms with Gasteiger partial charge in [-0.1, -0.05) is 29.8 Å². The van der Waals surface area contributed by atoms with Gasteiger partial charge >= 0.3 is 0 Å². The molecule has 1 aliphatic carbocycles. The van der Waals surface area contributed by atoms with Gasteiger partial charge in [-0.2, -0.15) is 0 Å². The summed E-state index contributed by atoms with van der Waals surface area (Å²) in [5.41, 5.74) is 6.24. The zero-order chi connectivity index (χ0) is 13.2. The molecule has 3 N–H and O–H groups in total. The lowest BCUT2D eigenvalue weighted by molar-refractivity contribution is 0.898. The quantitative estimate of drug-likeness (QED) is 0.650. The van der Waals surface area contributed by atoms with Gasteiger partial charge in [0.15, 0.2) is 0 Å². The molecule has 0 amide bonds. The standard InChI is InChI=1S/C15H18N4/c1-10-2-4-11(5-3-10)8-14-17-13(12-6-7-12)9-15(18-14)19-16/h2-5,9,12H,6-8,16H2,1H3,(H,17,18,19). The minimum absolute atomic E-state index is 0.604. The molecule has 1 aliphatic rings. The van der Waals surface area contributed by atoms with Gasteiger partial charge < -0.3 is 5.43 Å². The van der Waals surface area contributed by atoms with Crippen molar-refractivity contribution in [1.82, 2.24) is 9.97 Å². The number of hydrogen-bond acceptors (Lipinski definition) is 4. The van der Waals surface area contributed by atoms with Crippen LogP contribution in [0.3, 0.4) is 0 Å². The maximum Gasteiger partial charge on any atom is 0.143 e. The first-order chi connectivity index (χ1) is 9.24. The number of nitrogen functional groups attached to an aromatic ring is 1. The van der Waals surface area contributed by atoms with Crippen molar-refractivity contribution in [2.75, 3.05) is 5.43 Å². The Hall–Kier alpha value is -1.94. The Morgan fingerprint density at radius 2 is 1.95 bits per heavy atom. The molecule has 1 aromatic carbocycles. The van der Waals surface area contributed by atoms with Crippen LogP contribution >= 0.6 is 0 Å². The highest BCUT2D eigenvalue weighted by molar-refractivity contribution is 5.37. The first-order valence-electron chi connectivity index (χ1n) is 6.64. The van der Waals surface area contributed by atoms with Crippen LogP contribution in [0.4, 0.5) is 5.82 Å². The second-order valence-corrected chi connectivity index (χ2v) is 5.18. The number of hydrazine groups is 1. The SMILES string of the molecule is Cc1ccc(Cc2nc(NN)cc(C3CC3)n2)cc1. The number of nitrogens with zero attached hydrogens (tertiary/aromatic N) is 2. The number of anilines is 1. The fourth-order valence-corrected chi connectivity index (χ4v) is 2.15. The topological polar surface area (TPSA) is 63.8 Å². The second kappa shape index (κ2) is 4.97. The van der Waals surface area contributed by atoms with E-state index in [1.807, 2.05) is 6.07 Å². The molecule has 3 rings (SSSR count). The van der Waals surface area contributed by atoms with E-state index in [4.69, 9.17) is 5.84 Å². The third-order valence-corrected chi connectivity index (χ3v) is 3.42. The van der Waals surface area contributed by atoms with Crippen LogP contribution in [-0.4, -0.2) is 9.97 Å². The van der Waals surface area contributed by atoms with Crippen LogP contribution in [0.25, 0.3) is 0 Å². The van der Waals surface area contributed by atoms with E-state index in [9.17, 15) is 0 Å². The summed E-state index contributed by atoms with van der Waals surface area (Å²) in [6.07, 6.45) is 3.20. The summed E-state index contributed by atoms with van der Waals surface area (Å²) in [4.78, 5) is 9.09. The largest absolute Gasteiger partial charge is 0.308 e. The summed E-state index contributed by atoms with van der Waals surface area (Å²) in [6.45, 7) is 2.09. The number of hydrogen-bond donors (Lipinski definition) is 2. The van der Waals surface area contributed by atoms with Crippen molar-refractivity contribution in [2.45, 2.75) is 32.1 Å². The van der Waals surface area contributed by atoms with Crippen molar-refractivity contribution in [3.8, 4) is 0 Å². The van der Waals surface area contributed by atoms with Crippen LogP contribution in [0, 0.1) is 6.92 Å². The monoisotopic (exact) mass is 254 g/mol. The molecule has 1 saturated carbocycles. The fraction of sp³-hybridized carbons (Fsp3) is 0.333. The van der Waals surface area contributed by atoms with E-state index in [-0.39, 0.29) is 0 Å². The van der Waals surface area contributed by atoms with Crippen molar-refractivity contribution < 1.29 is 0 Å². The van der Waals surface area contributed by atoms with Crippen molar-refractivity contribution in [2.24, 2.45) is 5.84 Å². The molecule has 0 unspecified atom stereocenters. The van der Waals surface area contributed by atoms with Gasteiger partial charge in [0.2, 0.25) is 0 Å². The third-order valence-electron chi connectivity index (χ3n) is 3.42. The summed E-state index contributed by atoms with van der Waals surface area (Å²) in [5, 5.41) is 0. The number of aryl methyl sites for hydroxylation is 1. The number of rotatable bonds is 4. The molecule has 1 heterocycles. The molecule has 0 spiro atoms. The van der Waals surface area contributed by atoms with E-state index in [1.54, 1.807) is 0 Å². The second-order valence-electron chi connectivity index (χ2n) is 5.18. The third kappa shape index (κ3) is 2.90. The fourth-order valence-electron chi connectivity index (χ4n) is 2.15. The van der Waals surface area contributed by atoms with Crippen LogP contribution in [0.15, 0.2) is 30.3 Å². The molecule has 1 aromatic heterocycles. The van der Waals surface area contributed by atoms with Crippen LogP contribution in [-0.2, 0) is 6.42 Å². The lowest BCUT2D eigenvalue weighted by atomic mass is 10.1. The average Bonchev–Trinajstić information content (AvgIpc) is 3.25. The van der Waals surface area contributed by atoms with Crippen molar-refractivity contribution >= 4 is 5.82 Å². The number of aromatic nitrogens is 2. The van der Waals surface area contributed by atoms with Crippen LogP contribution in [0.1, 0.15) is 41.4 Å². The maximum absolute atomic E-state index is 5.48. The molecule has 1 fully saturated rings. The summed E-state index contributed by atoms with van der Waals surface area (Å²) >= 11 is 0. The molecular weight excluding hydrogens is 236 g/mol. The minimum atomic E-state index is 0.604. The minimum Gasteiger partial charge on any atom is -0.308 e. The van der Waals surface area contributed by atoms with E-state index in [1.165, 1.54) is 24.0 Å². The average molecular weight is 254 g/mol. The van der Waals surface area contributed by atoms with Gasteiger partial charge in [-0.25, -0.2) is 15.8 Å². The van der Waals surface area contributed by atoms with E-state index in [0.717, 1.165) is 17.9 Å². The molecule has 4 heteroatoms. The van der Waals surface area contributed by atoms with Gasteiger partial charge in [-0.05, 0) is 25.3 Å². The Balaban J connectivity index is 1.86. The predicted molar refractivity (Wildman–Crippen MR) is 75.8 cm³/mol. The lowest BCUT2D eigenvalue weighted by Crippen LogP contribution is -2.11. The molecule has 0 atom stereocenters. The Morgan fingerprint density at radius 1 is 1.21 bits per heavy atom. The number of benzene rings is 1. The zero-order valence-corrected chi connectivity index (χ0v) is 11.1. The van der Waals surface area contributed by atoms with Crippen LogP contribution in [0.5, 0.6) is 0 Å². The summed E-state index contributed by atoms with van der Waals surface area (Å²) < 4.78 is 0. The molecule has 0 aliphatic heterocycles. The van der Waals surface area contributed by atoms with Gasteiger partial charge in [0.1, 0.15) is 11.6 Å². The molecular formula is C15H18N4. The Kier molecular flexibility index (Phi) is 3.17. The molecule has 0 radical (unpaired) electrons. The van der Waals surface area contributed by atoms with Gasteiger partial charge in [-0.3, -0.25) is 0 Å². The van der Waals surface area contributed by atoms with Gasteiger partial charge in [0, 0.05) is 24.1 Å². The molecule has 2 aromatic rings. The highest BCUT2D eigenvalue weighted by Gasteiger charge is 2.26. The lowest BCUT2D eigenvalue weighted by Gasteiger charge is -2.07. The summed E-state index contributed by atoms with van der Waals surface area (Å²) in [7, 11) is 0. The van der Waals surface area contributed by atoms with Crippen molar-refractivity contribution in [3.63, 3.8) is 0 Å². The van der Waals surface area contributed by atoms with E-state index in [0.29, 0.717) is 11.7 Å². The maximum atomic E-state index is 5.48. The van der Waals surface area contributed by atoms with Crippen LogP contribution < -0.4 is 11.3 Å². The Morgan fingerprint density at radius 3 is 2.58 bits per heavy atom. The first-order valence-corrected chi connectivity index (χ1v) is 6.64. The molecule has 0 bridgehead atoms. The molecule has 4 nitrogen and oxygen atoms in total. The normalized spacial score (nSPS) is 14.4. The van der Waals surface area contributed by atoms with Gasteiger partial charge in [0.05, 0.1) is 0 Å². The molecule has 19 heavy (non-hydrogen) atoms. The van der Waals surface area contributed by atoms with Crippen molar-refractivity contribution in [1.29, 1.82) is 0 Å². The van der Waals surface area contributed by atoms with E-state index >= 15 is 0 Å². The highest BCUT2D eigenvalue weighted by Crippen LogP contribution is 2.39. The smallest absolute Gasteiger partial charge is 0.143 e. The Labute approximate surface area is 113 Å². The first kappa shape index (κ1) is 12.1. The van der Waals surface area contributed by atoms with E-state index in [2.05, 4.69) is 46.6 Å². The van der Waals surface area contributed by atoms with Gasteiger partial charge in [0.25, 0.3) is 0 Å². The number of nitrogens with one attached hydrogen (secondary N) is 1. The highest BCUT2D eigenvalue weighted by atomic mass is 15.3. The van der Waals surface area contributed by atoms with Crippen LogP contribution in [0.2, 0.25) is 0 Å². The van der Waals surface area contributed by atoms with E-state index < -0.39 is 0 Å². The Bertz CT molecular complexity index is 573.